The zero-order valence-corrected chi connectivity index (χ0v) is 16.1. The van der Waals surface area contributed by atoms with Gasteiger partial charge in [0, 0.05) is 13.1 Å². The highest BCUT2D eigenvalue weighted by molar-refractivity contribution is 7.89. The maximum atomic E-state index is 12.9. The minimum absolute atomic E-state index is 0.00650. The van der Waals surface area contributed by atoms with Crippen LogP contribution in [0.2, 0.25) is 5.02 Å². The van der Waals surface area contributed by atoms with E-state index in [0.717, 1.165) is 6.42 Å². The largest absolute Gasteiger partial charge is 0.454 e. The molecule has 1 fully saturated rings. The fourth-order valence-corrected chi connectivity index (χ4v) is 4.92. The molecule has 138 valence electrons. The molecule has 1 saturated heterocycles. The zero-order valence-electron chi connectivity index (χ0n) is 14.5. The number of Topliss-reactive ketones (excluding diaryl/α,β-unsaturated/α-hetero) is 1. The average Bonchev–Trinajstić information content (AvgIpc) is 2.51. The molecule has 8 heteroatoms. The molecule has 0 aliphatic carbocycles. The fourth-order valence-electron chi connectivity index (χ4n) is 3.02. The maximum absolute atomic E-state index is 12.9. The molecule has 0 unspecified atom stereocenters. The van der Waals surface area contributed by atoms with Crippen molar-refractivity contribution in [2.45, 2.75) is 32.1 Å². The van der Waals surface area contributed by atoms with Crippen LogP contribution < -0.4 is 0 Å². The lowest BCUT2D eigenvalue weighted by Crippen LogP contribution is -2.42. The van der Waals surface area contributed by atoms with Crippen molar-refractivity contribution in [2.75, 3.05) is 19.7 Å². The first-order valence-electron chi connectivity index (χ1n) is 8.07. The molecule has 1 aromatic rings. The Hall–Kier alpha value is -1.44. The van der Waals surface area contributed by atoms with Gasteiger partial charge in [-0.2, -0.15) is 4.31 Å². The quantitative estimate of drug-likeness (QED) is 0.725. The summed E-state index contributed by atoms with van der Waals surface area (Å²) in [5.41, 5.74) is -0.0675. The molecule has 1 aliphatic rings. The van der Waals surface area contributed by atoms with Crippen LogP contribution in [-0.4, -0.2) is 44.2 Å². The Morgan fingerprint density at radius 1 is 1.24 bits per heavy atom. The van der Waals surface area contributed by atoms with E-state index in [2.05, 4.69) is 0 Å². The predicted molar refractivity (Wildman–Crippen MR) is 94.1 cm³/mol. The van der Waals surface area contributed by atoms with Crippen molar-refractivity contribution in [3.63, 3.8) is 0 Å². The molecule has 0 N–H and O–H groups in total. The van der Waals surface area contributed by atoms with Gasteiger partial charge in [0.05, 0.1) is 15.5 Å². The molecular formula is C17H22ClNO5S. The molecule has 25 heavy (non-hydrogen) atoms. The Morgan fingerprint density at radius 3 is 2.40 bits per heavy atom. The molecule has 0 spiro atoms. The van der Waals surface area contributed by atoms with E-state index in [1.165, 1.54) is 29.4 Å². The summed E-state index contributed by atoms with van der Waals surface area (Å²) in [5, 5.41) is 0.0767. The molecule has 2 rings (SSSR count). The Balaban J connectivity index is 2.31. The Bertz CT molecular complexity index is 767. The third kappa shape index (κ3) is 4.80. The van der Waals surface area contributed by atoms with Gasteiger partial charge in [-0.3, -0.25) is 4.79 Å². The highest BCUT2D eigenvalue weighted by atomic mass is 35.5. The van der Waals surface area contributed by atoms with Crippen LogP contribution in [0.25, 0.3) is 0 Å². The zero-order chi connectivity index (χ0) is 18.8. The van der Waals surface area contributed by atoms with E-state index in [-0.39, 0.29) is 39.7 Å². The number of hydrogen-bond donors (Lipinski definition) is 0. The van der Waals surface area contributed by atoms with Crippen LogP contribution in [0.4, 0.5) is 0 Å². The number of ether oxygens (including phenoxy) is 1. The lowest BCUT2D eigenvalue weighted by atomic mass is 9.94. The summed E-state index contributed by atoms with van der Waals surface area (Å²) < 4.78 is 32.1. The van der Waals surface area contributed by atoms with Crippen molar-refractivity contribution >= 4 is 33.4 Å². The van der Waals surface area contributed by atoms with Crippen LogP contribution >= 0.6 is 11.6 Å². The SMILES string of the molecule is CC(=O)COC(=O)c1cc(S(=O)(=O)N2C[C@H](C)C[C@@H](C)C2)ccc1Cl. The van der Waals surface area contributed by atoms with Gasteiger partial charge >= 0.3 is 5.97 Å². The van der Waals surface area contributed by atoms with Crippen molar-refractivity contribution in [3.8, 4) is 0 Å². The van der Waals surface area contributed by atoms with E-state index in [4.69, 9.17) is 16.3 Å². The maximum Gasteiger partial charge on any atom is 0.340 e. The van der Waals surface area contributed by atoms with Crippen LogP contribution in [0.1, 0.15) is 37.6 Å². The molecule has 6 nitrogen and oxygen atoms in total. The normalized spacial score (nSPS) is 21.8. The van der Waals surface area contributed by atoms with E-state index < -0.39 is 16.0 Å². The summed E-state index contributed by atoms with van der Waals surface area (Å²) in [4.78, 5) is 23.0. The number of rotatable bonds is 5. The topological polar surface area (TPSA) is 80.8 Å². The Morgan fingerprint density at radius 2 is 1.84 bits per heavy atom. The number of esters is 1. The Kier molecular flexibility index (Phi) is 6.24. The van der Waals surface area contributed by atoms with E-state index >= 15 is 0 Å². The first kappa shape index (κ1) is 19.9. The monoisotopic (exact) mass is 387 g/mol. The highest BCUT2D eigenvalue weighted by Crippen LogP contribution is 2.28. The van der Waals surface area contributed by atoms with E-state index in [1.807, 2.05) is 13.8 Å². The number of carbonyl (C=O) groups is 2. The van der Waals surface area contributed by atoms with Crippen molar-refractivity contribution < 1.29 is 22.7 Å². The summed E-state index contributed by atoms with van der Waals surface area (Å²) in [5.74, 6) is -0.598. The lowest BCUT2D eigenvalue weighted by molar-refractivity contribution is -0.120. The van der Waals surface area contributed by atoms with Crippen LogP contribution in [0.3, 0.4) is 0 Å². The molecule has 0 radical (unpaired) electrons. The van der Waals surface area contributed by atoms with Crippen molar-refractivity contribution in [3.05, 3.63) is 28.8 Å². The second kappa shape index (κ2) is 7.85. The number of ketones is 1. The first-order chi connectivity index (χ1) is 11.6. The van der Waals surface area contributed by atoms with Crippen LogP contribution in [0.5, 0.6) is 0 Å². The van der Waals surface area contributed by atoms with Crippen LogP contribution in [0, 0.1) is 11.8 Å². The van der Waals surface area contributed by atoms with Crippen LogP contribution in [-0.2, 0) is 19.6 Å². The third-order valence-electron chi connectivity index (χ3n) is 4.04. The molecule has 1 aromatic carbocycles. The summed E-state index contributed by atoms with van der Waals surface area (Å²) in [6.45, 7) is 5.83. The van der Waals surface area contributed by atoms with Gasteiger partial charge in [0.2, 0.25) is 10.0 Å². The number of halogens is 1. The highest BCUT2D eigenvalue weighted by Gasteiger charge is 2.32. The van der Waals surface area contributed by atoms with Crippen molar-refractivity contribution in [2.24, 2.45) is 11.8 Å². The van der Waals surface area contributed by atoms with Gasteiger partial charge in [0.1, 0.15) is 6.61 Å². The van der Waals surface area contributed by atoms with Gasteiger partial charge < -0.3 is 4.74 Å². The average molecular weight is 388 g/mol. The van der Waals surface area contributed by atoms with Gasteiger partial charge in [-0.15, -0.1) is 0 Å². The van der Waals surface area contributed by atoms with E-state index in [0.29, 0.717) is 13.1 Å². The molecule has 0 aromatic heterocycles. The number of benzene rings is 1. The molecule has 1 heterocycles. The summed E-state index contributed by atoms with van der Waals surface area (Å²) in [7, 11) is -3.73. The number of carbonyl (C=O) groups excluding carboxylic acids is 2. The van der Waals surface area contributed by atoms with E-state index in [1.54, 1.807) is 0 Å². The van der Waals surface area contributed by atoms with Crippen molar-refractivity contribution in [1.82, 2.24) is 4.31 Å². The summed E-state index contributed by atoms with van der Waals surface area (Å²) >= 11 is 5.99. The second-order valence-electron chi connectivity index (χ2n) is 6.69. The second-order valence-corrected chi connectivity index (χ2v) is 9.03. The number of sulfonamides is 1. The lowest BCUT2D eigenvalue weighted by Gasteiger charge is -2.34. The van der Waals surface area contributed by atoms with Gasteiger partial charge in [-0.1, -0.05) is 25.4 Å². The van der Waals surface area contributed by atoms with Gasteiger partial charge in [-0.25, -0.2) is 13.2 Å². The summed E-state index contributed by atoms with van der Waals surface area (Å²) in [6.07, 6.45) is 0.981. The Labute approximate surface area is 153 Å². The van der Waals surface area contributed by atoms with Gasteiger partial charge in [-0.05, 0) is 43.4 Å². The number of piperidine rings is 1. The van der Waals surface area contributed by atoms with Gasteiger partial charge in [0.15, 0.2) is 5.78 Å². The molecule has 1 aliphatic heterocycles. The number of hydrogen-bond acceptors (Lipinski definition) is 5. The number of nitrogens with zero attached hydrogens (tertiary/aromatic N) is 1. The fraction of sp³-hybridized carbons (Fsp3) is 0.529. The molecule has 2 atom stereocenters. The smallest absolute Gasteiger partial charge is 0.340 e. The third-order valence-corrected chi connectivity index (χ3v) is 6.19. The molecule has 0 amide bonds. The molecule has 0 bridgehead atoms. The summed E-state index contributed by atoms with van der Waals surface area (Å²) in [6, 6.07) is 3.95. The predicted octanol–water partition coefficient (Wildman–Crippen LogP) is 2.75. The molecule has 0 saturated carbocycles. The minimum Gasteiger partial charge on any atom is -0.454 e. The molecular weight excluding hydrogens is 366 g/mol. The van der Waals surface area contributed by atoms with Crippen LogP contribution in [0.15, 0.2) is 23.1 Å². The first-order valence-corrected chi connectivity index (χ1v) is 9.89. The van der Waals surface area contributed by atoms with Crippen molar-refractivity contribution in [1.29, 1.82) is 0 Å². The van der Waals surface area contributed by atoms with E-state index in [9.17, 15) is 18.0 Å². The van der Waals surface area contributed by atoms with Gasteiger partial charge in [0.25, 0.3) is 0 Å². The minimum atomic E-state index is -3.73. The standard InChI is InChI=1S/C17H22ClNO5S/c1-11-6-12(2)9-19(8-11)25(22,23)14-4-5-16(18)15(7-14)17(21)24-10-13(3)20/h4-5,7,11-12H,6,8-10H2,1-3H3/t11-,12-/m1/s1.